The molecule has 16 fully saturated rings. The van der Waals surface area contributed by atoms with Crippen molar-refractivity contribution in [3.05, 3.63) is 6.57 Å². The van der Waals surface area contributed by atoms with Gasteiger partial charge in [-0.2, -0.15) is 5.26 Å². The second-order valence-corrected chi connectivity index (χ2v) is 36.5. The topological polar surface area (TPSA) is 184 Å². The summed E-state index contributed by atoms with van der Waals surface area (Å²) in [4.78, 5) is 29.7. The molecule has 0 aromatic carbocycles. The van der Waals surface area contributed by atoms with Crippen molar-refractivity contribution in [2.45, 2.75) is 278 Å². The van der Waals surface area contributed by atoms with Crippen LogP contribution in [0.25, 0.3) is 0 Å². The average molecular weight is 1370 g/mol. The van der Waals surface area contributed by atoms with Crippen LogP contribution >= 0.6 is 22.6 Å². The van der Waals surface area contributed by atoms with E-state index in [2.05, 4.69) is 97.9 Å². The van der Waals surface area contributed by atoms with Crippen LogP contribution in [0, 0.1) is 136 Å². The normalized spacial score (nSPS) is 52.6. The largest absolute Gasteiger partial charge is 1.00 e. The predicted octanol–water partition coefficient (Wildman–Crippen LogP) is 9.79. The third-order valence-electron chi connectivity index (χ3n) is 31.8. The summed E-state index contributed by atoms with van der Waals surface area (Å²) in [6, 6.07) is 2.33. The molecule has 4 spiro atoms. The number of morpholine rings is 2. The van der Waals surface area contributed by atoms with Crippen molar-refractivity contribution in [1.29, 1.82) is 10.5 Å². The molecule has 2 unspecified atom stereocenters. The van der Waals surface area contributed by atoms with Crippen molar-refractivity contribution in [1.82, 2.24) is 9.80 Å². The Balaban J connectivity index is 0.000000159. The molecule has 4 aliphatic heterocycles. The molecule has 12 aliphatic carbocycles. The van der Waals surface area contributed by atoms with Gasteiger partial charge in [0, 0.05) is 41.2 Å². The first-order valence-electron chi connectivity index (χ1n) is 36.2. The number of alkyl halides is 1. The standard InChI is InChI=1S/C37H56N2O5.C36H56INO5.CN.Na/c1-22-18-24(11-15-38)43-31-30(22)34(4)13-14-37-21-36(37)12-10-27(33(2,3)25(36)8-9-26(37)35(34,5)32(31)41)44-29-20-39(16-17-42-29)28(40)19-23-6-7-23;1-21-16-23(18-37)42-30-29(21)33(4)12-13-36-20-35(36)11-10-26(32(2,3)24(35)8-9-25(36)34(33,5)31(30)40)43-28-19-38(14-15-41-28)27(39)17-22-6-7-22;1-2;/h22-27,29-32,41H,6-14,16-21H2,1-5H3;21-26,28-31,40H,6-20H2,1-5H3;;/q;;-1;+1/t22-,24+,25+,26+,27?,29+,30+,31+,32+,34-,35-,36-,37+;21-,23-,24+,25+,26?,28+,29+,30+,31+,33-,34-,35-,36+;;/m11../s1. The molecule has 16 rings (SSSR count). The molecule has 26 atom stereocenters. The minimum absolute atomic E-state index is 0. The van der Waals surface area contributed by atoms with Gasteiger partial charge in [-0.15, -0.1) is 0 Å². The number of ether oxygens (including phenoxy) is 6. The maximum atomic E-state index is 12.9. The monoisotopic (exact) mass is 1370 g/mol. The van der Waals surface area contributed by atoms with E-state index in [-0.39, 0.29) is 129 Å². The zero-order valence-corrected chi connectivity index (χ0v) is 61.2. The maximum absolute atomic E-state index is 12.9. The van der Waals surface area contributed by atoms with Crippen LogP contribution in [0.15, 0.2) is 0 Å². The van der Waals surface area contributed by atoms with E-state index in [1.54, 1.807) is 0 Å². The minimum atomic E-state index is -0.473. The number of carbonyl (C=O) groups is 2. The number of aliphatic hydroxyl groups is 2. The van der Waals surface area contributed by atoms with E-state index in [1.165, 1.54) is 103 Å². The van der Waals surface area contributed by atoms with Crippen molar-refractivity contribution in [3.8, 4) is 6.07 Å². The van der Waals surface area contributed by atoms with E-state index >= 15 is 0 Å². The van der Waals surface area contributed by atoms with Crippen LogP contribution in [-0.2, 0) is 38.0 Å². The average Bonchev–Trinajstić information content (AvgIpc) is 1.46. The van der Waals surface area contributed by atoms with Crippen LogP contribution < -0.4 is 29.6 Å². The van der Waals surface area contributed by atoms with E-state index < -0.39 is 6.10 Å². The summed E-state index contributed by atoms with van der Waals surface area (Å²) in [6.07, 6.45) is 24.6. The molecular formula is C74H112IN4NaO10. The summed E-state index contributed by atoms with van der Waals surface area (Å²) in [6.45, 7) is 33.1. The van der Waals surface area contributed by atoms with Crippen molar-refractivity contribution in [2.75, 3.05) is 43.8 Å². The van der Waals surface area contributed by atoms with Crippen LogP contribution in [0.4, 0.5) is 0 Å². The van der Waals surface area contributed by atoms with Crippen molar-refractivity contribution < 1.29 is 77.8 Å². The summed E-state index contributed by atoms with van der Waals surface area (Å²) in [7, 11) is 0. The van der Waals surface area contributed by atoms with Gasteiger partial charge in [0.25, 0.3) is 0 Å². The molecule has 90 heavy (non-hydrogen) atoms. The van der Waals surface area contributed by atoms with Crippen LogP contribution in [0.5, 0.6) is 0 Å². The number of nitrogens with zero attached hydrogens (tertiary/aromatic N) is 4. The quantitative estimate of drug-likeness (QED) is 0.0915. The Morgan fingerprint density at radius 2 is 0.967 bits per heavy atom. The number of hydrogen-bond donors (Lipinski definition) is 2. The zero-order valence-electron chi connectivity index (χ0n) is 57.1. The Morgan fingerprint density at radius 1 is 0.578 bits per heavy atom. The molecule has 496 valence electrons. The van der Waals surface area contributed by atoms with Crippen LogP contribution in [0.1, 0.15) is 217 Å². The molecule has 4 heterocycles. The SMILES string of the molecule is C[C@@H]1C[C@H](CC#N)O[C@H]2[C@H]1[C@@]1(C)CC[C@@]34C[C@@]35CCC(O[C@H]3CN(C(=O)CC6CC6)CCO3)C(C)(C)[C@@H]5CC[C@H]4[C@]1(C)[C@H]2O.C[C@@H]1C[C@H](CI)O[C@H]2[C@H]1[C@@]1(C)CC[C@@]34C[C@@]35CCC(O[C@H]3CN(C(=O)CC6CC6)CCO3)C(C)(C)[C@@H]5CC[C@H]4[C@]1(C)[C@H]2O.[C-]#N.[Na+]. The molecular weight excluding hydrogens is 1250 g/mol. The first-order chi connectivity index (χ1) is 42.3. The van der Waals surface area contributed by atoms with Crippen LogP contribution in [-0.4, -0.2) is 137 Å². The third-order valence-corrected chi connectivity index (χ3v) is 32.8. The van der Waals surface area contributed by atoms with Gasteiger partial charge in [0.05, 0.1) is 87.6 Å². The second kappa shape index (κ2) is 23.8. The van der Waals surface area contributed by atoms with Gasteiger partial charge in [0.2, 0.25) is 11.8 Å². The van der Waals surface area contributed by atoms with Crippen molar-refractivity contribution >= 4 is 34.4 Å². The fourth-order valence-corrected chi connectivity index (χ4v) is 27.8. The number of aliphatic hydroxyl groups excluding tert-OH is 2. The summed E-state index contributed by atoms with van der Waals surface area (Å²) in [5.41, 5.74) is 1.41. The number of fused-ring (bicyclic) bond motifs is 8. The second-order valence-electron chi connectivity index (χ2n) is 35.6. The molecule has 2 N–H and O–H groups in total. The van der Waals surface area contributed by atoms with Gasteiger partial charge in [0.15, 0.2) is 12.6 Å². The van der Waals surface area contributed by atoms with Crippen LogP contribution in [0.2, 0.25) is 0 Å². The van der Waals surface area contributed by atoms with Gasteiger partial charge in [-0.25, -0.2) is 0 Å². The molecule has 14 nitrogen and oxygen atoms in total. The van der Waals surface area contributed by atoms with Gasteiger partial charge < -0.3 is 60.3 Å². The molecule has 0 aromatic rings. The van der Waals surface area contributed by atoms with E-state index in [9.17, 15) is 25.1 Å². The summed E-state index contributed by atoms with van der Waals surface area (Å²) in [5.74, 6) is 5.98. The van der Waals surface area contributed by atoms with Crippen molar-refractivity contribution in [2.24, 2.45) is 113 Å². The number of hydrogen-bond acceptors (Lipinski definition) is 12. The van der Waals surface area contributed by atoms with Gasteiger partial charge >= 0.3 is 29.6 Å². The van der Waals surface area contributed by atoms with Gasteiger partial charge in [-0.3, -0.25) is 9.59 Å². The summed E-state index contributed by atoms with van der Waals surface area (Å²) in [5, 5.41) is 40.2. The molecule has 16 heteroatoms. The van der Waals surface area contributed by atoms with E-state index in [0.717, 1.165) is 30.1 Å². The van der Waals surface area contributed by atoms with Crippen LogP contribution in [0.3, 0.4) is 0 Å². The molecule has 12 saturated carbocycles. The molecule has 16 aliphatic rings. The Morgan fingerprint density at radius 3 is 1.37 bits per heavy atom. The fourth-order valence-electron chi connectivity index (χ4n) is 27.2. The number of halogens is 1. The maximum Gasteiger partial charge on any atom is 1.00 e. The van der Waals surface area contributed by atoms with Gasteiger partial charge in [0.1, 0.15) is 0 Å². The predicted molar refractivity (Wildman–Crippen MR) is 343 cm³/mol. The Hall–Kier alpha value is -0.670. The van der Waals surface area contributed by atoms with Crippen molar-refractivity contribution in [3.63, 3.8) is 0 Å². The number of rotatable bonds is 10. The molecule has 0 bridgehead atoms. The smallest absolute Gasteiger partial charge is 0.512 e. The van der Waals surface area contributed by atoms with E-state index in [0.29, 0.717) is 139 Å². The zero-order chi connectivity index (χ0) is 63.0. The van der Waals surface area contributed by atoms with E-state index in [1.807, 2.05) is 9.80 Å². The Kier molecular flexibility index (Phi) is 17.9. The fraction of sp³-hybridized carbons (Fsp3) is 0.946. The Bertz CT molecular complexity index is 2800. The van der Waals surface area contributed by atoms with E-state index in [4.69, 9.17) is 40.3 Å². The van der Waals surface area contributed by atoms with Gasteiger partial charge in [-0.1, -0.05) is 91.8 Å². The number of amides is 2. The summed E-state index contributed by atoms with van der Waals surface area (Å²) >= 11 is 2.47. The summed E-state index contributed by atoms with van der Waals surface area (Å²) < 4.78 is 40.3. The first kappa shape index (κ1) is 67.9. The molecule has 0 radical (unpaired) electrons. The first-order valence-corrected chi connectivity index (χ1v) is 37.8. The Labute approximate surface area is 576 Å². The van der Waals surface area contributed by atoms with Gasteiger partial charge in [-0.05, 0) is 231 Å². The molecule has 2 amide bonds. The molecule has 0 aromatic heterocycles. The molecule has 4 saturated heterocycles. The number of nitriles is 1. The number of carbonyl (C=O) groups excluding carboxylic acids is 2. The minimum Gasteiger partial charge on any atom is -0.512 e. The third kappa shape index (κ3) is 9.75.